The number of rotatable bonds is 6. The van der Waals surface area contributed by atoms with Crippen molar-refractivity contribution < 1.29 is 41.7 Å². The number of alkyl halides is 2. The number of carbonyl (C=O) groups is 2. The number of hydrogen-bond donors (Lipinski definition) is 1. The van der Waals surface area contributed by atoms with Gasteiger partial charge >= 0.3 is 12.3 Å². The summed E-state index contributed by atoms with van der Waals surface area (Å²) in [4.78, 5) is 24.5. The zero-order valence-corrected chi connectivity index (χ0v) is 15.6. The number of furan rings is 1. The van der Waals surface area contributed by atoms with Crippen LogP contribution >= 0.6 is 0 Å². The van der Waals surface area contributed by atoms with Crippen molar-refractivity contribution in [1.82, 2.24) is 0 Å². The minimum absolute atomic E-state index is 0.0591. The highest BCUT2D eigenvalue weighted by Gasteiger charge is 2.43. The van der Waals surface area contributed by atoms with E-state index >= 15 is 0 Å². The van der Waals surface area contributed by atoms with Gasteiger partial charge in [-0.05, 0) is 18.2 Å². The van der Waals surface area contributed by atoms with E-state index in [1.54, 1.807) is 24.3 Å². The van der Waals surface area contributed by atoms with Crippen LogP contribution in [0.5, 0.6) is 11.5 Å². The molecule has 0 unspecified atom stereocenters. The third-order valence-corrected chi connectivity index (χ3v) is 4.19. The number of carbonyl (C=O) groups excluding carboxylic acids is 2. The van der Waals surface area contributed by atoms with Gasteiger partial charge in [-0.2, -0.15) is 0 Å². The molecule has 156 valence electrons. The van der Waals surface area contributed by atoms with Gasteiger partial charge in [0.2, 0.25) is 5.76 Å². The van der Waals surface area contributed by atoms with Gasteiger partial charge in [0, 0.05) is 29.8 Å². The topological polar surface area (TPSA) is 96.2 Å². The van der Waals surface area contributed by atoms with Crippen LogP contribution in [-0.2, 0) is 20.9 Å². The summed E-state index contributed by atoms with van der Waals surface area (Å²) in [6.07, 6.45) is -3.76. The Morgan fingerprint density at radius 1 is 1.10 bits per heavy atom. The molecule has 1 N–H and O–H groups in total. The van der Waals surface area contributed by atoms with Gasteiger partial charge in [0.1, 0.15) is 5.58 Å². The van der Waals surface area contributed by atoms with E-state index < -0.39 is 24.8 Å². The van der Waals surface area contributed by atoms with E-state index in [0.29, 0.717) is 16.5 Å². The second-order valence-corrected chi connectivity index (χ2v) is 6.29. The lowest BCUT2D eigenvalue weighted by atomic mass is 10.1. The van der Waals surface area contributed by atoms with Crippen molar-refractivity contribution in [2.45, 2.75) is 12.9 Å². The fourth-order valence-corrected chi connectivity index (χ4v) is 2.97. The molecule has 4 rings (SSSR count). The molecular weight excluding hydrogens is 404 g/mol. The minimum atomic E-state index is -3.76. The van der Waals surface area contributed by atoms with Gasteiger partial charge in [0.05, 0.1) is 6.61 Å². The molecule has 2 aromatic carbocycles. The van der Waals surface area contributed by atoms with Crippen LogP contribution in [0.4, 0.5) is 14.5 Å². The molecule has 0 aliphatic carbocycles. The van der Waals surface area contributed by atoms with Gasteiger partial charge in [0.15, 0.2) is 18.1 Å². The number of anilines is 1. The van der Waals surface area contributed by atoms with E-state index in [-0.39, 0.29) is 29.6 Å². The van der Waals surface area contributed by atoms with Crippen molar-refractivity contribution in [3.05, 3.63) is 53.8 Å². The Labute approximate surface area is 168 Å². The molecule has 0 bridgehead atoms. The number of esters is 1. The Morgan fingerprint density at radius 3 is 2.67 bits per heavy atom. The number of amides is 1. The van der Waals surface area contributed by atoms with E-state index in [4.69, 9.17) is 13.9 Å². The number of methoxy groups -OCH3 is 1. The SMILES string of the molecule is COCc1c(C(=O)OCC(=O)Nc2ccc3c(c2)OC(F)(F)O3)oc2ccccc12. The van der Waals surface area contributed by atoms with Crippen molar-refractivity contribution in [3.8, 4) is 11.5 Å². The number of halogens is 2. The Kier molecular flexibility index (Phi) is 5.00. The molecule has 0 spiro atoms. The van der Waals surface area contributed by atoms with E-state index in [1.807, 2.05) is 0 Å². The monoisotopic (exact) mass is 419 g/mol. The maximum Gasteiger partial charge on any atom is 0.586 e. The highest BCUT2D eigenvalue weighted by Crippen LogP contribution is 2.42. The maximum absolute atomic E-state index is 13.1. The summed E-state index contributed by atoms with van der Waals surface area (Å²) in [5.41, 5.74) is 1.16. The average molecular weight is 419 g/mol. The summed E-state index contributed by atoms with van der Waals surface area (Å²) >= 11 is 0. The maximum atomic E-state index is 13.1. The molecule has 0 saturated heterocycles. The average Bonchev–Trinajstić information content (AvgIpc) is 3.22. The zero-order valence-electron chi connectivity index (χ0n) is 15.6. The number of benzene rings is 2. The van der Waals surface area contributed by atoms with Crippen LogP contribution in [0.15, 0.2) is 46.9 Å². The van der Waals surface area contributed by atoms with Crippen LogP contribution in [0.1, 0.15) is 16.1 Å². The molecule has 1 amide bonds. The molecule has 10 heteroatoms. The van der Waals surface area contributed by atoms with Crippen LogP contribution in [-0.4, -0.2) is 31.9 Å². The number of fused-ring (bicyclic) bond motifs is 2. The van der Waals surface area contributed by atoms with E-state index in [2.05, 4.69) is 14.8 Å². The first-order chi connectivity index (χ1) is 14.4. The highest BCUT2D eigenvalue weighted by molar-refractivity contribution is 5.98. The molecule has 0 radical (unpaired) electrons. The molecule has 0 saturated carbocycles. The van der Waals surface area contributed by atoms with Gasteiger partial charge < -0.3 is 28.7 Å². The van der Waals surface area contributed by atoms with Gasteiger partial charge in [-0.25, -0.2) is 4.79 Å². The molecule has 0 fully saturated rings. The van der Waals surface area contributed by atoms with E-state index in [9.17, 15) is 18.4 Å². The fraction of sp³-hybridized carbons (Fsp3) is 0.200. The zero-order chi connectivity index (χ0) is 21.3. The van der Waals surface area contributed by atoms with Crippen LogP contribution < -0.4 is 14.8 Å². The first-order valence-corrected chi connectivity index (χ1v) is 8.72. The number of hydrogen-bond acceptors (Lipinski definition) is 7. The van der Waals surface area contributed by atoms with Crippen LogP contribution in [0.2, 0.25) is 0 Å². The summed E-state index contributed by atoms with van der Waals surface area (Å²) in [5, 5.41) is 3.12. The Balaban J connectivity index is 1.41. The second kappa shape index (κ2) is 7.64. The summed E-state index contributed by atoms with van der Waals surface area (Å²) in [6, 6.07) is 10.8. The van der Waals surface area contributed by atoms with E-state index in [0.717, 1.165) is 0 Å². The third kappa shape index (κ3) is 3.90. The Bertz CT molecular complexity index is 1130. The van der Waals surface area contributed by atoms with Gasteiger partial charge in [-0.1, -0.05) is 18.2 Å². The lowest BCUT2D eigenvalue weighted by molar-refractivity contribution is -0.286. The Morgan fingerprint density at radius 2 is 1.87 bits per heavy atom. The summed E-state index contributed by atoms with van der Waals surface area (Å²) in [6.45, 7) is -0.498. The molecule has 0 atom stereocenters. The fourth-order valence-electron chi connectivity index (χ4n) is 2.97. The predicted molar refractivity (Wildman–Crippen MR) is 98.5 cm³/mol. The molecule has 1 aromatic heterocycles. The number of para-hydroxylation sites is 1. The summed E-state index contributed by atoms with van der Waals surface area (Å²) < 4.78 is 50.4. The standard InChI is InChI=1S/C20H15F2NO7/c1-26-9-13-12-4-2-3-5-14(12)28-18(13)19(25)27-10-17(24)23-11-6-7-15-16(8-11)30-20(21,22)29-15/h2-8H,9-10H2,1H3,(H,23,24). The second-order valence-electron chi connectivity index (χ2n) is 6.29. The highest BCUT2D eigenvalue weighted by atomic mass is 19.3. The lowest BCUT2D eigenvalue weighted by Gasteiger charge is -2.07. The van der Waals surface area contributed by atoms with Crippen molar-refractivity contribution in [1.29, 1.82) is 0 Å². The van der Waals surface area contributed by atoms with Crippen molar-refractivity contribution in [3.63, 3.8) is 0 Å². The Hall–Kier alpha value is -3.66. The van der Waals surface area contributed by atoms with Crippen LogP contribution in [0.3, 0.4) is 0 Å². The third-order valence-electron chi connectivity index (χ3n) is 4.19. The smallest absolute Gasteiger partial charge is 0.450 e. The normalized spacial score (nSPS) is 14.0. The molecule has 8 nitrogen and oxygen atoms in total. The lowest BCUT2D eigenvalue weighted by Crippen LogP contribution is -2.25. The van der Waals surface area contributed by atoms with Gasteiger partial charge in [0.25, 0.3) is 5.91 Å². The quantitative estimate of drug-likeness (QED) is 0.609. The number of nitrogens with one attached hydrogen (secondary N) is 1. The molecule has 1 aliphatic rings. The molecule has 30 heavy (non-hydrogen) atoms. The molecule has 2 heterocycles. The predicted octanol–water partition coefficient (Wildman–Crippen LogP) is 3.70. The van der Waals surface area contributed by atoms with E-state index in [1.165, 1.54) is 25.3 Å². The van der Waals surface area contributed by atoms with Gasteiger partial charge in [-0.15, -0.1) is 8.78 Å². The van der Waals surface area contributed by atoms with Crippen molar-refractivity contribution >= 4 is 28.5 Å². The van der Waals surface area contributed by atoms with Crippen molar-refractivity contribution in [2.24, 2.45) is 0 Å². The first kappa shape index (κ1) is 19.6. The van der Waals surface area contributed by atoms with Gasteiger partial charge in [-0.3, -0.25) is 4.79 Å². The van der Waals surface area contributed by atoms with Crippen LogP contribution in [0.25, 0.3) is 11.0 Å². The molecular formula is C20H15F2NO7. The molecule has 3 aromatic rings. The molecule has 1 aliphatic heterocycles. The summed E-state index contributed by atoms with van der Waals surface area (Å²) in [5.74, 6) is -1.95. The first-order valence-electron chi connectivity index (χ1n) is 8.72. The summed E-state index contributed by atoms with van der Waals surface area (Å²) in [7, 11) is 1.48. The largest absolute Gasteiger partial charge is 0.586 e. The minimum Gasteiger partial charge on any atom is -0.450 e. The number of ether oxygens (including phenoxy) is 4. The van der Waals surface area contributed by atoms with Crippen LogP contribution in [0, 0.1) is 0 Å². The van der Waals surface area contributed by atoms with Crippen molar-refractivity contribution in [2.75, 3.05) is 19.0 Å².